The minimum Gasteiger partial charge on any atom is -0.494 e. The normalized spacial score (nSPS) is 21.6. The van der Waals surface area contributed by atoms with Crippen molar-refractivity contribution in [2.45, 2.75) is 46.2 Å². The summed E-state index contributed by atoms with van der Waals surface area (Å²) >= 11 is 13.0. The minimum absolute atomic E-state index is 0.0289. The van der Waals surface area contributed by atoms with Crippen molar-refractivity contribution in [1.29, 1.82) is 0 Å². The van der Waals surface area contributed by atoms with E-state index in [4.69, 9.17) is 33.5 Å². The minimum atomic E-state index is -0.420. The van der Waals surface area contributed by atoms with E-state index in [9.17, 15) is 10.1 Å². The van der Waals surface area contributed by atoms with E-state index in [2.05, 4.69) is 51.7 Å². The van der Waals surface area contributed by atoms with Crippen molar-refractivity contribution >= 4 is 46.0 Å². The molecule has 1 N–H and O–H groups in total. The lowest BCUT2D eigenvalue weighted by Gasteiger charge is -2.37. The first kappa shape index (κ1) is 30.9. The Hall–Kier alpha value is -4.15. The number of rotatable bonds is 7. The third-order valence-electron chi connectivity index (χ3n) is 8.92. The summed E-state index contributed by atoms with van der Waals surface area (Å²) in [6, 6.07) is 18.4. The first-order chi connectivity index (χ1) is 21.6. The summed E-state index contributed by atoms with van der Waals surface area (Å²) in [6.45, 7) is 10.6. The molecule has 6 rings (SSSR count). The van der Waals surface area contributed by atoms with Gasteiger partial charge in [-0.2, -0.15) is 0 Å². The number of piperidine rings is 1. The number of nitrogens with one attached hydrogen (secondary N) is 1. The maximum absolute atomic E-state index is 11.5. The quantitative estimate of drug-likeness (QED) is 0.124. The molecule has 0 aliphatic carbocycles. The first-order valence-electron chi connectivity index (χ1n) is 15.1. The Morgan fingerprint density at radius 2 is 1.78 bits per heavy atom. The van der Waals surface area contributed by atoms with Crippen molar-refractivity contribution < 1.29 is 9.66 Å². The number of nitrogens with zero attached hydrogens (tertiary/aromatic N) is 5. The van der Waals surface area contributed by atoms with Crippen LogP contribution in [0.4, 0.5) is 17.1 Å². The van der Waals surface area contributed by atoms with Crippen molar-refractivity contribution in [3.63, 3.8) is 0 Å². The molecule has 2 aromatic heterocycles. The Balaban J connectivity index is 1.45. The highest BCUT2D eigenvalue weighted by molar-refractivity contribution is 7.80. The van der Waals surface area contributed by atoms with Crippen molar-refractivity contribution in [1.82, 2.24) is 14.9 Å². The van der Waals surface area contributed by atoms with Gasteiger partial charge in [0.1, 0.15) is 5.75 Å². The molecule has 2 aromatic carbocycles. The molecule has 4 heterocycles. The zero-order valence-corrected chi connectivity index (χ0v) is 27.6. The van der Waals surface area contributed by atoms with E-state index >= 15 is 0 Å². The number of pyridine rings is 1. The van der Waals surface area contributed by atoms with E-state index in [0.29, 0.717) is 27.7 Å². The number of non-ortho nitro benzene ring substituents is 1. The summed E-state index contributed by atoms with van der Waals surface area (Å²) in [7, 11) is 1.52. The summed E-state index contributed by atoms with van der Waals surface area (Å²) in [4.78, 5) is 20.3. The maximum atomic E-state index is 11.5. The second kappa shape index (κ2) is 12.3. The van der Waals surface area contributed by atoms with Gasteiger partial charge in [-0.15, -0.1) is 0 Å². The van der Waals surface area contributed by atoms with Crippen LogP contribution in [0.3, 0.4) is 0 Å². The fourth-order valence-corrected chi connectivity index (χ4v) is 7.77. The van der Waals surface area contributed by atoms with Crippen LogP contribution in [0, 0.1) is 35.8 Å². The molecule has 11 heteroatoms. The fourth-order valence-electron chi connectivity index (χ4n) is 7.13. The van der Waals surface area contributed by atoms with Crippen LogP contribution in [0.15, 0.2) is 66.9 Å². The van der Waals surface area contributed by atoms with Gasteiger partial charge < -0.3 is 24.4 Å². The van der Waals surface area contributed by atoms with Gasteiger partial charge in [-0.1, -0.05) is 31.5 Å². The Bertz CT molecular complexity index is 1750. The van der Waals surface area contributed by atoms with Crippen LogP contribution < -0.4 is 19.9 Å². The van der Waals surface area contributed by atoms with Crippen LogP contribution >= 0.6 is 23.8 Å². The fraction of sp³-hybridized carbons (Fsp3) is 0.353. The third-order valence-corrected chi connectivity index (χ3v) is 9.54. The Labute approximate surface area is 273 Å². The SMILES string of the molecule is COc1cc([N+](=O)[O-])ccc1-n1c(C)cc([C@H]2[C@H](c3ccccn3)NC(=S)N2c2ccc(N3C[C@H](C)C[C@H](C)C3)c(Cl)c2)c1C. The molecule has 2 saturated heterocycles. The number of benzene rings is 2. The monoisotopic (exact) mass is 644 g/mol. The summed E-state index contributed by atoms with van der Waals surface area (Å²) in [5.74, 6) is 1.63. The lowest BCUT2D eigenvalue weighted by Crippen LogP contribution is -2.38. The number of aromatic nitrogens is 2. The Kier molecular flexibility index (Phi) is 8.45. The van der Waals surface area contributed by atoms with Crippen LogP contribution in [-0.2, 0) is 0 Å². The highest BCUT2D eigenvalue weighted by Crippen LogP contribution is 2.46. The van der Waals surface area contributed by atoms with Gasteiger partial charge in [0.25, 0.3) is 5.69 Å². The second-order valence-electron chi connectivity index (χ2n) is 12.3. The molecule has 2 aliphatic rings. The van der Waals surface area contributed by atoms with Crippen molar-refractivity contribution in [3.8, 4) is 11.4 Å². The number of hydrogen-bond acceptors (Lipinski definition) is 6. The summed E-state index contributed by atoms with van der Waals surface area (Å²) in [5.41, 5.74) is 6.43. The number of nitro benzene ring substituents is 1. The number of aryl methyl sites for hydroxylation is 1. The van der Waals surface area contributed by atoms with E-state index < -0.39 is 4.92 Å². The van der Waals surface area contributed by atoms with Crippen molar-refractivity contribution in [2.75, 3.05) is 30.0 Å². The van der Waals surface area contributed by atoms with Gasteiger partial charge in [-0.3, -0.25) is 15.1 Å². The maximum Gasteiger partial charge on any atom is 0.273 e. The van der Waals surface area contributed by atoms with Crippen molar-refractivity contribution in [2.24, 2.45) is 11.8 Å². The van der Waals surface area contributed by atoms with Crippen LogP contribution in [-0.4, -0.2) is 39.8 Å². The topological polar surface area (TPSA) is 88.7 Å². The number of ether oxygens (including phenoxy) is 1. The Morgan fingerprint density at radius 3 is 2.42 bits per heavy atom. The van der Waals surface area contributed by atoms with Gasteiger partial charge in [0, 0.05) is 42.4 Å². The van der Waals surface area contributed by atoms with Crippen LogP contribution in [0.25, 0.3) is 5.69 Å². The Morgan fingerprint density at radius 1 is 1.04 bits per heavy atom. The molecule has 4 aromatic rings. The molecule has 45 heavy (non-hydrogen) atoms. The van der Waals surface area contributed by atoms with Crippen molar-refractivity contribution in [3.05, 3.63) is 105 Å². The molecule has 2 fully saturated rings. The molecule has 4 atom stereocenters. The van der Waals surface area contributed by atoms with Crippen LogP contribution in [0.1, 0.15) is 55.0 Å². The van der Waals surface area contributed by atoms with E-state index in [0.717, 1.165) is 52.8 Å². The lowest BCUT2D eigenvalue weighted by atomic mass is 9.91. The summed E-state index contributed by atoms with van der Waals surface area (Å²) in [5, 5.41) is 16.3. The predicted molar refractivity (Wildman–Crippen MR) is 183 cm³/mol. The molecular formula is C34H37ClN6O3S. The predicted octanol–water partition coefficient (Wildman–Crippen LogP) is 7.72. The van der Waals surface area contributed by atoms with Gasteiger partial charge in [-0.05, 0) is 92.4 Å². The average molecular weight is 645 g/mol. The largest absolute Gasteiger partial charge is 0.494 e. The lowest BCUT2D eigenvalue weighted by molar-refractivity contribution is -0.384. The van der Waals surface area contributed by atoms with E-state index in [1.807, 2.05) is 38.1 Å². The standard InChI is InChI=1S/C34H37ClN6O3S/c1-20-14-21(2)19-38(18-20)29-11-9-24(16-27(29)35)40-33(32(37-34(40)45)28-8-6-7-13-36-28)26-15-22(3)39(23(26)4)30-12-10-25(41(42)43)17-31(30)44-5/h6-13,15-17,20-21,32-33H,14,18-19H2,1-5H3,(H,37,45)/t20-,21+,32-,33-/m0/s1. The molecule has 0 radical (unpaired) electrons. The van der Waals surface area contributed by atoms with Gasteiger partial charge in [0.15, 0.2) is 5.11 Å². The number of thiocarbonyl (C=S) groups is 1. The highest BCUT2D eigenvalue weighted by atomic mass is 35.5. The zero-order chi connectivity index (χ0) is 32.0. The summed E-state index contributed by atoms with van der Waals surface area (Å²) < 4.78 is 7.69. The molecule has 0 saturated carbocycles. The molecule has 0 spiro atoms. The molecule has 0 amide bonds. The smallest absolute Gasteiger partial charge is 0.273 e. The van der Waals surface area contributed by atoms with Gasteiger partial charge >= 0.3 is 0 Å². The number of hydrogen-bond donors (Lipinski definition) is 1. The second-order valence-corrected chi connectivity index (χ2v) is 13.1. The van der Waals surface area contributed by atoms with Crippen LogP contribution in [0.5, 0.6) is 5.75 Å². The molecular weight excluding hydrogens is 608 g/mol. The van der Waals surface area contributed by atoms with Gasteiger partial charge in [-0.25, -0.2) is 0 Å². The first-order valence-corrected chi connectivity index (χ1v) is 15.9. The average Bonchev–Trinajstić information content (AvgIpc) is 3.50. The molecule has 9 nitrogen and oxygen atoms in total. The number of anilines is 2. The number of halogens is 1. The van der Waals surface area contributed by atoms with Crippen LogP contribution in [0.2, 0.25) is 5.02 Å². The molecule has 2 aliphatic heterocycles. The van der Waals surface area contributed by atoms with E-state index in [-0.39, 0.29) is 17.8 Å². The van der Waals surface area contributed by atoms with E-state index in [1.165, 1.54) is 25.7 Å². The van der Waals surface area contributed by atoms with Gasteiger partial charge in [0.05, 0.1) is 52.3 Å². The number of methoxy groups -OCH3 is 1. The molecule has 0 unspecified atom stereocenters. The molecule has 234 valence electrons. The van der Waals surface area contributed by atoms with Gasteiger partial charge in [0.2, 0.25) is 0 Å². The zero-order valence-electron chi connectivity index (χ0n) is 26.0. The van der Waals surface area contributed by atoms with E-state index in [1.54, 1.807) is 12.3 Å². The number of nitro groups is 1. The molecule has 0 bridgehead atoms. The third kappa shape index (κ3) is 5.73. The summed E-state index contributed by atoms with van der Waals surface area (Å²) in [6.07, 6.45) is 3.01. The highest BCUT2D eigenvalue weighted by Gasteiger charge is 2.42.